The summed E-state index contributed by atoms with van der Waals surface area (Å²) in [5, 5.41) is 5.84. The van der Waals surface area contributed by atoms with Crippen LogP contribution < -0.4 is 21.1 Å². The number of hydrogen-bond donors (Lipinski definition) is 3. The Labute approximate surface area is 146 Å². The van der Waals surface area contributed by atoms with Crippen LogP contribution in [0.3, 0.4) is 0 Å². The van der Waals surface area contributed by atoms with E-state index < -0.39 is 17.9 Å². The molecule has 0 heterocycles. The van der Waals surface area contributed by atoms with Crippen molar-refractivity contribution in [3.63, 3.8) is 0 Å². The summed E-state index contributed by atoms with van der Waals surface area (Å²) in [5.74, 6) is -0.677. The largest absolute Gasteiger partial charge is 0.435 e. The van der Waals surface area contributed by atoms with Crippen molar-refractivity contribution in [1.29, 1.82) is 0 Å². The highest BCUT2D eigenvalue weighted by atomic mass is 19.3. The van der Waals surface area contributed by atoms with Crippen molar-refractivity contribution in [3.8, 4) is 5.75 Å². The van der Waals surface area contributed by atoms with Crippen molar-refractivity contribution in [3.05, 3.63) is 30.7 Å². The average molecular weight is 356 g/mol. The molecular weight excluding hydrogens is 332 g/mol. The lowest BCUT2D eigenvalue weighted by molar-refractivity contribution is -0.126. The van der Waals surface area contributed by atoms with Crippen molar-refractivity contribution in [2.24, 2.45) is 11.1 Å². The third-order valence-electron chi connectivity index (χ3n) is 3.55. The first-order chi connectivity index (χ1) is 11.6. The molecule has 0 saturated carbocycles. The minimum absolute atomic E-state index is 0.0774. The van der Waals surface area contributed by atoms with E-state index in [1.54, 1.807) is 26.0 Å². The van der Waals surface area contributed by atoms with E-state index in [1.165, 1.54) is 18.6 Å². The third-order valence-corrected chi connectivity index (χ3v) is 3.55. The smallest absolute Gasteiger partial charge is 0.387 e. The molecule has 6 nitrogen and oxygen atoms in total. The first kappa shape index (κ1) is 20.7. The summed E-state index contributed by atoms with van der Waals surface area (Å²) in [6.45, 7) is 2.74. The molecule has 2 amide bonds. The van der Waals surface area contributed by atoms with E-state index >= 15 is 0 Å². The summed E-state index contributed by atoms with van der Waals surface area (Å²) in [6, 6.07) is 5.88. The Morgan fingerprint density at radius 1 is 1.28 bits per heavy atom. The van der Waals surface area contributed by atoms with Gasteiger partial charge in [-0.05, 0) is 37.6 Å². The zero-order valence-corrected chi connectivity index (χ0v) is 14.5. The fourth-order valence-corrected chi connectivity index (χ4v) is 1.83. The Morgan fingerprint density at radius 3 is 2.40 bits per heavy atom. The number of nitrogens with two attached hydrogens (primary N) is 1. The van der Waals surface area contributed by atoms with Crippen molar-refractivity contribution in [1.82, 2.24) is 5.32 Å². The second-order valence-electron chi connectivity index (χ2n) is 6.35. The second kappa shape index (κ2) is 9.19. The van der Waals surface area contributed by atoms with Crippen LogP contribution in [0, 0.1) is 11.8 Å². The number of hydrogen-bond acceptors (Lipinski definition) is 4. The van der Waals surface area contributed by atoms with Crippen molar-refractivity contribution >= 4 is 17.5 Å². The predicted octanol–water partition coefficient (Wildman–Crippen LogP) is 2.31. The Morgan fingerprint density at radius 2 is 1.88 bits per heavy atom. The quantitative estimate of drug-likeness (QED) is 0.600. The minimum Gasteiger partial charge on any atom is -0.435 e. The maximum Gasteiger partial charge on any atom is 0.387 e. The summed E-state index contributed by atoms with van der Waals surface area (Å²) in [6.07, 6.45) is 1.65. The Bertz CT molecular complexity index is 577. The van der Waals surface area contributed by atoms with Gasteiger partial charge in [-0.1, -0.05) is 13.8 Å². The van der Waals surface area contributed by atoms with Crippen LogP contribution in [0.15, 0.2) is 24.3 Å². The number of ether oxygens (including phenoxy) is 1. The zero-order valence-electron chi connectivity index (χ0n) is 14.5. The molecule has 0 spiro atoms. The highest BCUT2D eigenvalue weighted by Crippen LogP contribution is 2.21. The Hall–Kier alpha value is -2.38. The number of alkyl halides is 2. The number of nitrogens with one attached hydrogen (secondary N) is 2. The van der Waals surface area contributed by atoms with Crippen LogP contribution in [-0.4, -0.2) is 31.0 Å². The van der Waals surface area contributed by atoms with E-state index in [1.807, 2.05) is 6.92 Å². The number of halogens is 2. The van der Waals surface area contributed by atoms with Gasteiger partial charge < -0.3 is 21.1 Å². The molecule has 1 aromatic carbocycles. The number of carbonyl (C=O) groups is 2. The van der Waals surface area contributed by atoms with Gasteiger partial charge in [-0.15, -0.1) is 0 Å². The summed E-state index contributed by atoms with van der Waals surface area (Å²) < 4.78 is 28.4. The van der Waals surface area contributed by atoms with Crippen molar-refractivity contribution < 1.29 is 23.1 Å². The number of rotatable bonds is 10. The van der Waals surface area contributed by atoms with Gasteiger partial charge in [0.1, 0.15) is 5.75 Å². The molecule has 0 saturated heterocycles. The highest BCUT2D eigenvalue weighted by Gasteiger charge is 2.25. The van der Waals surface area contributed by atoms with E-state index in [9.17, 15) is 18.4 Å². The summed E-state index contributed by atoms with van der Waals surface area (Å²) >= 11 is 0. The molecule has 0 aromatic heterocycles. The molecule has 139 valence electrons. The molecular formula is C17H24F2N3O3. The normalized spacial score (nSPS) is 12.6. The molecule has 1 rings (SSSR count). The van der Waals surface area contributed by atoms with E-state index in [4.69, 9.17) is 5.73 Å². The molecule has 0 fully saturated rings. The van der Waals surface area contributed by atoms with Gasteiger partial charge in [-0.3, -0.25) is 9.59 Å². The monoisotopic (exact) mass is 356 g/mol. The van der Waals surface area contributed by atoms with Gasteiger partial charge in [-0.2, -0.15) is 8.78 Å². The maximum atomic E-state index is 12.1. The molecule has 4 N–H and O–H groups in total. The molecule has 8 heteroatoms. The van der Waals surface area contributed by atoms with Crippen LogP contribution in [0.25, 0.3) is 0 Å². The van der Waals surface area contributed by atoms with Crippen LogP contribution in [-0.2, 0) is 9.59 Å². The Balaban J connectivity index is 2.35. The molecule has 0 aliphatic heterocycles. The Kier molecular flexibility index (Phi) is 7.60. The van der Waals surface area contributed by atoms with E-state index in [0.717, 1.165) is 0 Å². The van der Waals surface area contributed by atoms with Gasteiger partial charge in [0.05, 0.1) is 6.42 Å². The second-order valence-corrected chi connectivity index (χ2v) is 6.35. The molecule has 0 unspecified atom stereocenters. The molecule has 25 heavy (non-hydrogen) atoms. The van der Waals surface area contributed by atoms with Gasteiger partial charge in [0.2, 0.25) is 11.8 Å². The van der Waals surface area contributed by atoms with Crippen LogP contribution in [0.4, 0.5) is 14.5 Å². The lowest BCUT2D eigenvalue weighted by Crippen LogP contribution is -2.39. The highest BCUT2D eigenvalue weighted by molar-refractivity contribution is 5.87. The molecule has 1 atom stereocenters. The molecule has 1 aromatic rings. The first-order valence-electron chi connectivity index (χ1n) is 7.82. The molecule has 1 radical (unpaired) electrons. The standard InChI is InChI=1S/C17H24F2N3O3/c1-11(22-14(23)8-9-17(2,3)15(20)24)10-21-12-4-6-13(7-5-12)25-16(18)19/h4-8,11,16,21H,9-10H2,1-3H3,(H2,20,24)(H,22,23)/t11-/m0/s1. The van der Waals surface area contributed by atoms with Crippen LogP contribution >= 0.6 is 0 Å². The van der Waals surface area contributed by atoms with Gasteiger partial charge >= 0.3 is 6.61 Å². The van der Waals surface area contributed by atoms with Gasteiger partial charge in [-0.25, -0.2) is 0 Å². The van der Waals surface area contributed by atoms with E-state index in [2.05, 4.69) is 15.4 Å². The summed E-state index contributed by atoms with van der Waals surface area (Å²) in [7, 11) is 0. The fraction of sp³-hybridized carbons (Fsp3) is 0.471. The van der Waals surface area contributed by atoms with Gasteiger partial charge in [0, 0.05) is 23.7 Å². The maximum absolute atomic E-state index is 12.1. The number of amides is 2. The summed E-state index contributed by atoms with van der Waals surface area (Å²) in [4.78, 5) is 23.1. The summed E-state index contributed by atoms with van der Waals surface area (Å²) in [5.41, 5.74) is 5.19. The third kappa shape index (κ3) is 7.82. The van der Waals surface area contributed by atoms with Crippen molar-refractivity contribution in [2.75, 3.05) is 11.9 Å². The molecule has 0 aliphatic carbocycles. The van der Waals surface area contributed by atoms with Crippen molar-refractivity contribution in [2.45, 2.75) is 39.8 Å². The van der Waals surface area contributed by atoms with Crippen LogP contribution in [0.2, 0.25) is 0 Å². The minimum atomic E-state index is -2.86. The number of benzene rings is 1. The predicted molar refractivity (Wildman–Crippen MR) is 91.1 cm³/mol. The number of carbonyl (C=O) groups excluding carboxylic acids is 2. The lowest BCUT2D eigenvalue weighted by atomic mass is 9.87. The fourth-order valence-electron chi connectivity index (χ4n) is 1.83. The lowest BCUT2D eigenvalue weighted by Gasteiger charge is -2.20. The van der Waals surface area contributed by atoms with Gasteiger partial charge in [0.25, 0.3) is 0 Å². The molecule has 0 bridgehead atoms. The number of anilines is 1. The van der Waals surface area contributed by atoms with Crippen LogP contribution in [0.5, 0.6) is 5.75 Å². The topological polar surface area (TPSA) is 93.4 Å². The SMILES string of the molecule is C[C@@H](CNc1ccc(OC(F)F)cc1)NC(=O)[CH]CC(C)(C)C(N)=O. The average Bonchev–Trinajstić information content (AvgIpc) is 2.52. The van der Waals surface area contributed by atoms with E-state index in [-0.39, 0.29) is 24.1 Å². The van der Waals surface area contributed by atoms with Crippen LogP contribution in [0.1, 0.15) is 27.2 Å². The van der Waals surface area contributed by atoms with E-state index in [0.29, 0.717) is 12.2 Å². The molecule has 0 aliphatic rings. The van der Waals surface area contributed by atoms with Gasteiger partial charge in [0.15, 0.2) is 0 Å². The first-order valence-corrected chi connectivity index (χ1v) is 7.82. The number of primary amides is 1. The zero-order chi connectivity index (χ0) is 19.0.